The molecule has 2 heterocycles. The van der Waals surface area contributed by atoms with Gasteiger partial charge in [-0.2, -0.15) is 0 Å². The van der Waals surface area contributed by atoms with Gasteiger partial charge in [0.2, 0.25) is 0 Å². The zero-order valence-corrected chi connectivity index (χ0v) is 6.85. The van der Waals surface area contributed by atoms with Gasteiger partial charge in [-0.1, -0.05) is 0 Å². The van der Waals surface area contributed by atoms with E-state index in [4.69, 9.17) is 9.47 Å². The molecule has 8 atom stereocenters. The first kappa shape index (κ1) is 5.61. The predicted molar refractivity (Wildman–Crippen MR) is 40.5 cm³/mol. The Morgan fingerprint density at radius 1 is 0.750 bits per heavy atom. The van der Waals surface area contributed by atoms with Gasteiger partial charge in [-0.05, 0) is 36.5 Å². The molecular weight excluding hydrogens is 152 g/mol. The Morgan fingerprint density at radius 3 is 2.67 bits per heavy atom. The Hall–Kier alpha value is -0.0800. The van der Waals surface area contributed by atoms with Crippen LogP contribution in [-0.2, 0) is 9.47 Å². The molecule has 3 saturated carbocycles. The highest BCUT2D eigenvalue weighted by atomic mass is 16.6. The summed E-state index contributed by atoms with van der Waals surface area (Å²) in [5.74, 6) is 3.77. The second-order valence-corrected chi connectivity index (χ2v) is 5.24. The fourth-order valence-corrected chi connectivity index (χ4v) is 4.58. The smallest absolute Gasteiger partial charge is 0.0876 e. The van der Waals surface area contributed by atoms with E-state index in [1.807, 2.05) is 0 Å². The molecular formula is C10H12O2. The van der Waals surface area contributed by atoms with Crippen LogP contribution in [0.3, 0.4) is 0 Å². The first-order valence-corrected chi connectivity index (χ1v) is 5.24. The van der Waals surface area contributed by atoms with Crippen molar-refractivity contribution in [1.82, 2.24) is 0 Å². The first-order valence-electron chi connectivity index (χ1n) is 5.24. The lowest BCUT2D eigenvalue weighted by molar-refractivity contribution is 0.162. The average Bonchev–Trinajstić information content (AvgIpc) is 2.92. The molecule has 0 N–H and O–H groups in total. The second kappa shape index (κ2) is 1.38. The monoisotopic (exact) mass is 164 g/mol. The van der Waals surface area contributed by atoms with Crippen molar-refractivity contribution in [3.63, 3.8) is 0 Å². The van der Waals surface area contributed by atoms with Crippen LogP contribution in [-0.4, -0.2) is 24.4 Å². The molecule has 0 radical (unpaired) electrons. The summed E-state index contributed by atoms with van der Waals surface area (Å²) in [7, 11) is 0. The van der Waals surface area contributed by atoms with Gasteiger partial charge >= 0.3 is 0 Å². The van der Waals surface area contributed by atoms with E-state index in [9.17, 15) is 0 Å². The Balaban J connectivity index is 1.66. The molecule has 3 aliphatic carbocycles. The number of epoxide rings is 2. The number of fused-ring (bicyclic) bond motifs is 10. The SMILES string of the molecule is C1[C@@H]2[C@H]3C[C@H]4O[C@@H]4[C@@H]3[C@H]1[C@H]1O[C@@H]21. The van der Waals surface area contributed by atoms with Crippen molar-refractivity contribution < 1.29 is 9.47 Å². The molecule has 0 aromatic heterocycles. The quantitative estimate of drug-likeness (QED) is 0.495. The molecule has 12 heavy (non-hydrogen) atoms. The first-order chi connectivity index (χ1) is 5.93. The Morgan fingerprint density at radius 2 is 1.67 bits per heavy atom. The van der Waals surface area contributed by atoms with E-state index in [-0.39, 0.29) is 0 Å². The van der Waals surface area contributed by atoms with Crippen LogP contribution >= 0.6 is 0 Å². The van der Waals surface area contributed by atoms with Gasteiger partial charge in [-0.3, -0.25) is 0 Å². The molecule has 2 saturated heterocycles. The summed E-state index contributed by atoms with van der Waals surface area (Å²) in [5, 5.41) is 0. The lowest BCUT2D eigenvalue weighted by atomic mass is 9.81. The van der Waals surface area contributed by atoms with Gasteiger partial charge < -0.3 is 9.47 Å². The van der Waals surface area contributed by atoms with Crippen molar-refractivity contribution in [2.75, 3.05) is 0 Å². The van der Waals surface area contributed by atoms with Gasteiger partial charge in [0.1, 0.15) is 0 Å². The lowest BCUT2D eigenvalue weighted by Crippen LogP contribution is -2.27. The minimum atomic E-state index is 0.676. The number of rotatable bonds is 0. The molecule has 5 aliphatic rings. The summed E-state index contributed by atoms with van der Waals surface area (Å²) < 4.78 is 11.3. The van der Waals surface area contributed by atoms with Crippen molar-refractivity contribution in [3.8, 4) is 0 Å². The van der Waals surface area contributed by atoms with Gasteiger partial charge in [-0.25, -0.2) is 0 Å². The maximum atomic E-state index is 5.69. The largest absolute Gasteiger partial charge is 0.369 e. The van der Waals surface area contributed by atoms with Crippen LogP contribution < -0.4 is 0 Å². The van der Waals surface area contributed by atoms with Crippen molar-refractivity contribution in [1.29, 1.82) is 0 Å². The molecule has 2 bridgehead atoms. The van der Waals surface area contributed by atoms with Gasteiger partial charge in [0, 0.05) is 0 Å². The molecule has 0 unspecified atom stereocenters. The van der Waals surface area contributed by atoms with Gasteiger partial charge in [0.15, 0.2) is 0 Å². The Kier molecular flexibility index (Phi) is 0.644. The Bertz CT molecular complexity index is 273. The number of ether oxygens (including phenoxy) is 2. The molecule has 2 nitrogen and oxygen atoms in total. The normalized spacial score (nSPS) is 80.0. The van der Waals surface area contributed by atoms with E-state index in [1.54, 1.807) is 0 Å². The summed E-state index contributed by atoms with van der Waals surface area (Å²) in [5.41, 5.74) is 0. The van der Waals surface area contributed by atoms with E-state index in [2.05, 4.69) is 0 Å². The summed E-state index contributed by atoms with van der Waals surface area (Å²) in [6.45, 7) is 0. The van der Waals surface area contributed by atoms with Gasteiger partial charge in [0.05, 0.1) is 24.4 Å². The number of hydrogen-bond acceptors (Lipinski definition) is 2. The highest BCUT2D eigenvalue weighted by Gasteiger charge is 2.74. The van der Waals surface area contributed by atoms with Crippen LogP contribution in [0.4, 0.5) is 0 Å². The van der Waals surface area contributed by atoms with Crippen molar-refractivity contribution in [3.05, 3.63) is 0 Å². The maximum Gasteiger partial charge on any atom is 0.0876 e. The third kappa shape index (κ3) is 0.409. The Labute approximate surface area is 71.2 Å². The molecule has 0 aromatic carbocycles. The van der Waals surface area contributed by atoms with E-state index in [1.165, 1.54) is 12.8 Å². The summed E-state index contributed by atoms with van der Waals surface area (Å²) in [4.78, 5) is 0. The van der Waals surface area contributed by atoms with Crippen LogP contribution in [0.25, 0.3) is 0 Å². The molecule has 2 aliphatic heterocycles. The van der Waals surface area contributed by atoms with Crippen LogP contribution in [0.15, 0.2) is 0 Å². The summed E-state index contributed by atoms with van der Waals surface area (Å²) >= 11 is 0. The van der Waals surface area contributed by atoms with Crippen molar-refractivity contribution in [2.45, 2.75) is 37.3 Å². The fraction of sp³-hybridized carbons (Fsp3) is 1.00. The molecule has 64 valence electrons. The van der Waals surface area contributed by atoms with Crippen LogP contribution in [0.2, 0.25) is 0 Å². The van der Waals surface area contributed by atoms with E-state index >= 15 is 0 Å². The third-order valence-electron chi connectivity index (χ3n) is 4.99. The molecule has 0 spiro atoms. The van der Waals surface area contributed by atoms with E-state index in [0.29, 0.717) is 24.4 Å². The van der Waals surface area contributed by atoms with Gasteiger partial charge in [0.25, 0.3) is 0 Å². The summed E-state index contributed by atoms with van der Waals surface area (Å²) in [6.07, 6.45) is 5.58. The fourth-order valence-electron chi connectivity index (χ4n) is 4.58. The van der Waals surface area contributed by atoms with E-state index < -0.39 is 0 Å². The molecule has 5 rings (SSSR count). The molecule has 2 heteroatoms. The summed E-state index contributed by atoms with van der Waals surface area (Å²) in [6, 6.07) is 0. The second-order valence-electron chi connectivity index (χ2n) is 5.24. The zero-order valence-electron chi connectivity index (χ0n) is 6.85. The third-order valence-corrected chi connectivity index (χ3v) is 4.99. The highest BCUT2D eigenvalue weighted by Crippen LogP contribution is 2.69. The van der Waals surface area contributed by atoms with E-state index in [0.717, 1.165) is 23.7 Å². The highest BCUT2D eigenvalue weighted by molar-refractivity contribution is 5.21. The minimum Gasteiger partial charge on any atom is -0.369 e. The maximum absolute atomic E-state index is 5.69. The van der Waals surface area contributed by atoms with Crippen LogP contribution in [0, 0.1) is 23.7 Å². The minimum absolute atomic E-state index is 0.676. The van der Waals surface area contributed by atoms with Crippen LogP contribution in [0.1, 0.15) is 12.8 Å². The standard InChI is InChI=1S/C10H12O2/c1-4-3-2-6-10(11-6)7(3)5(1)9-8(4)12-9/h3-10H,1-2H2/t3-,4-,5+,6-,7+,8+,9-,10+/m1/s1. The van der Waals surface area contributed by atoms with Crippen molar-refractivity contribution in [2.24, 2.45) is 23.7 Å². The molecule has 0 aromatic rings. The van der Waals surface area contributed by atoms with Gasteiger partial charge in [-0.15, -0.1) is 0 Å². The lowest BCUT2D eigenvalue weighted by Gasteiger charge is -2.22. The topological polar surface area (TPSA) is 25.1 Å². The zero-order chi connectivity index (χ0) is 7.45. The predicted octanol–water partition coefficient (Wildman–Crippen LogP) is 0.807. The van der Waals surface area contributed by atoms with Crippen LogP contribution in [0.5, 0.6) is 0 Å². The number of hydrogen-bond donors (Lipinski definition) is 0. The van der Waals surface area contributed by atoms with Crippen molar-refractivity contribution >= 4 is 0 Å². The molecule has 0 amide bonds. The average molecular weight is 164 g/mol. The molecule has 5 fully saturated rings.